The molecule has 1 rings (SSSR count). The summed E-state index contributed by atoms with van der Waals surface area (Å²) >= 11 is 0. The van der Waals surface area contributed by atoms with Crippen LogP contribution in [-0.4, -0.2) is 35.2 Å². The molecule has 0 amide bonds. The Morgan fingerprint density at radius 3 is 2.44 bits per heavy atom. The van der Waals surface area contributed by atoms with Gasteiger partial charge in [-0.2, -0.15) is 0 Å². The molecule has 0 aromatic heterocycles. The Hall–Kier alpha value is -0.0800. The molecule has 18 heavy (non-hydrogen) atoms. The first kappa shape index (κ1) is 16.0. The third-order valence-electron chi connectivity index (χ3n) is 4.16. The number of aliphatic hydroxyl groups is 1. The van der Waals surface area contributed by atoms with Crippen LogP contribution in [0.5, 0.6) is 0 Å². The quantitative estimate of drug-likeness (QED) is 0.597. The highest BCUT2D eigenvalue weighted by molar-refractivity contribution is 4.80. The summed E-state index contributed by atoms with van der Waals surface area (Å²) in [6, 6.07) is 0.657. The normalized spacial score (nSPS) is 22.5. The second kappa shape index (κ2) is 9.80. The molecule has 1 heterocycles. The molecule has 0 aliphatic carbocycles. The zero-order valence-electron chi connectivity index (χ0n) is 12.5. The molecule has 0 saturated carbocycles. The molecule has 0 aromatic carbocycles. The van der Waals surface area contributed by atoms with Gasteiger partial charge in [0.25, 0.3) is 0 Å². The minimum Gasteiger partial charge on any atom is -0.393 e. The highest BCUT2D eigenvalue weighted by Crippen LogP contribution is 2.22. The van der Waals surface area contributed by atoms with Crippen molar-refractivity contribution in [3.05, 3.63) is 0 Å². The fourth-order valence-corrected chi connectivity index (χ4v) is 3.12. The van der Waals surface area contributed by atoms with Crippen molar-refractivity contribution in [2.45, 2.75) is 90.2 Å². The molecule has 0 radical (unpaired) electrons. The van der Waals surface area contributed by atoms with Crippen molar-refractivity contribution in [2.75, 3.05) is 13.1 Å². The van der Waals surface area contributed by atoms with Crippen LogP contribution in [0.1, 0.15) is 78.1 Å². The SMILES string of the molecule is CCCCCCCCCN1CCCC1CC(C)O. The van der Waals surface area contributed by atoms with Crippen molar-refractivity contribution in [3.63, 3.8) is 0 Å². The van der Waals surface area contributed by atoms with Gasteiger partial charge in [-0.25, -0.2) is 0 Å². The van der Waals surface area contributed by atoms with E-state index in [4.69, 9.17) is 0 Å². The molecule has 1 N–H and O–H groups in total. The van der Waals surface area contributed by atoms with Crippen LogP contribution < -0.4 is 0 Å². The van der Waals surface area contributed by atoms with Gasteiger partial charge in [0.05, 0.1) is 6.10 Å². The van der Waals surface area contributed by atoms with E-state index >= 15 is 0 Å². The van der Waals surface area contributed by atoms with E-state index in [0.717, 1.165) is 6.42 Å². The van der Waals surface area contributed by atoms with Crippen molar-refractivity contribution in [2.24, 2.45) is 0 Å². The van der Waals surface area contributed by atoms with Crippen molar-refractivity contribution in [1.82, 2.24) is 4.90 Å². The predicted molar refractivity (Wildman–Crippen MR) is 78.9 cm³/mol. The fraction of sp³-hybridized carbons (Fsp3) is 1.00. The van der Waals surface area contributed by atoms with E-state index in [0.29, 0.717) is 6.04 Å². The maximum Gasteiger partial charge on any atom is 0.0527 e. The third-order valence-corrected chi connectivity index (χ3v) is 4.16. The van der Waals surface area contributed by atoms with Gasteiger partial charge in [-0.1, -0.05) is 45.4 Å². The second-order valence-corrected chi connectivity index (χ2v) is 6.04. The van der Waals surface area contributed by atoms with E-state index in [1.54, 1.807) is 0 Å². The Bertz CT molecular complexity index is 194. The van der Waals surface area contributed by atoms with Crippen LogP contribution >= 0.6 is 0 Å². The molecule has 0 spiro atoms. The molecule has 0 bridgehead atoms. The lowest BCUT2D eigenvalue weighted by atomic mass is 10.1. The van der Waals surface area contributed by atoms with E-state index in [-0.39, 0.29) is 6.10 Å². The van der Waals surface area contributed by atoms with Gasteiger partial charge in [0, 0.05) is 6.04 Å². The minimum absolute atomic E-state index is 0.135. The standard InChI is InChI=1S/C16H33NO/c1-3-4-5-6-7-8-9-12-17-13-10-11-16(17)14-15(2)18/h15-16,18H,3-14H2,1-2H3. The topological polar surface area (TPSA) is 23.5 Å². The zero-order valence-corrected chi connectivity index (χ0v) is 12.5. The molecule has 2 nitrogen and oxygen atoms in total. The number of unbranched alkanes of at least 4 members (excludes halogenated alkanes) is 6. The Morgan fingerprint density at radius 2 is 1.78 bits per heavy atom. The molecule has 1 aliphatic rings. The number of hydrogen-bond acceptors (Lipinski definition) is 2. The largest absolute Gasteiger partial charge is 0.393 e. The molecule has 1 fully saturated rings. The molecule has 2 unspecified atom stereocenters. The smallest absolute Gasteiger partial charge is 0.0527 e. The van der Waals surface area contributed by atoms with Gasteiger partial charge in [-0.05, 0) is 45.7 Å². The summed E-state index contributed by atoms with van der Waals surface area (Å²) in [7, 11) is 0. The first-order chi connectivity index (χ1) is 8.74. The van der Waals surface area contributed by atoms with Crippen LogP contribution in [0.3, 0.4) is 0 Å². The van der Waals surface area contributed by atoms with Crippen LogP contribution in [-0.2, 0) is 0 Å². The second-order valence-electron chi connectivity index (χ2n) is 6.04. The maximum atomic E-state index is 9.50. The van der Waals surface area contributed by atoms with Crippen LogP contribution in [0.2, 0.25) is 0 Å². The maximum absolute atomic E-state index is 9.50. The molecule has 2 atom stereocenters. The summed E-state index contributed by atoms with van der Waals surface area (Å²) in [4.78, 5) is 2.61. The van der Waals surface area contributed by atoms with Gasteiger partial charge in [0.2, 0.25) is 0 Å². The number of rotatable bonds is 10. The van der Waals surface area contributed by atoms with Crippen molar-refractivity contribution in [1.29, 1.82) is 0 Å². The van der Waals surface area contributed by atoms with Crippen LogP contribution in [0.15, 0.2) is 0 Å². The van der Waals surface area contributed by atoms with E-state index in [1.807, 2.05) is 6.92 Å². The Labute approximate surface area is 114 Å². The number of likely N-dealkylation sites (tertiary alicyclic amines) is 1. The highest BCUT2D eigenvalue weighted by Gasteiger charge is 2.24. The summed E-state index contributed by atoms with van der Waals surface area (Å²) in [5.41, 5.74) is 0. The van der Waals surface area contributed by atoms with Crippen LogP contribution in [0.4, 0.5) is 0 Å². The molecular formula is C16H33NO. The van der Waals surface area contributed by atoms with Gasteiger partial charge in [0.15, 0.2) is 0 Å². The summed E-state index contributed by atoms with van der Waals surface area (Å²) < 4.78 is 0. The zero-order chi connectivity index (χ0) is 13.2. The Kier molecular flexibility index (Phi) is 8.70. The van der Waals surface area contributed by atoms with E-state index in [2.05, 4.69) is 11.8 Å². The van der Waals surface area contributed by atoms with Gasteiger partial charge in [0.1, 0.15) is 0 Å². The molecular weight excluding hydrogens is 222 g/mol. The molecule has 2 heteroatoms. The van der Waals surface area contributed by atoms with Crippen molar-refractivity contribution >= 4 is 0 Å². The van der Waals surface area contributed by atoms with E-state index < -0.39 is 0 Å². The minimum atomic E-state index is -0.135. The molecule has 0 aromatic rings. The fourth-order valence-electron chi connectivity index (χ4n) is 3.12. The highest BCUT2D eigenvalue weighted by atomic mass is 16.3. The van der Waals surface area contributed by atoms with Crippen LogP contribution in [0.25, 0.3) is 0 Å². The summed E-state index contributed by atoms with van der Waals surface area (Å²) in [6.07, 6.45) is 13.2. The lowest BCUT2D eigenvalue weighted by Crippen LogP contribution is -2.32. The first-order valence-electron chi connectivity index (χ1n) is 8.16. The summed E-state index contributed by atoms with van der Waals surface area (Å²) in [6.45, 7) is 6.71. The van der Waals surface area contributed by atoms with Gasteiger partial charge < -0.3 is 10.0 Å². The monoisotopic (exact) mass is 255 g/mol. The Morgan fingerprint density at radius 1 is 1.11 bits per heavy atom. The molecule has 1 saturated heterocycles. The number of hydrogen-bond donors (Lipinski definition) is 1. The van der Waals surface area contributed by atoms with Gasteiger partial charge in [-0.15, -0.1) is 0 Å². The lowest BCUT2D eigenvalue weighted by Gasteiger charge is -2.25. The molecule has 108 valence electrons. The third kappa shape index (κ3) is 6.75. The van der Waals surface area contributed by atoms with Crippen LogP contribution in [0, 0.1) is 0 Å². The average molecular weight is 255 g/mol. The van der Waals surface area contributed by atoms with E-state index in [1.165, 1.54) is 70.9 Å². The molecule has 1 aliphatic heterocycles. The van der Waals surface area contributed by atoms with Crippen molar-refractivity contribution < 1.29 is 5.11 Å². The number of aliphatic hydroxyl groups excluding tert-OH is 1. The lowest BCUT2D eigenvalue weighted by molar-refractivity contribution is 0.133. The van der Waals surface area contributed by atoms with Crippen molar-refractivity contribution in [3.8, 4) is 0 Å². The number of nitrogens with zero attached hydrogens (tertiary/aromatic N) is 1. The average Bonchev–Trinajstić information content (AvgIpc) is 2.75. The summed E-state index contributed by atoms with van der Waals surface area (Å²) in [5, 5.41) is 9.50. The Balaban J connectivity index is 2.00. The van der Waals surface area contributed by atoms with E-state index in [9.17, 15) is 5.11 Å². The van der Waals surface area contributed by atoms with Gasteiger partial charge >= 0.3 is 0 Å². The first-order valence-corrected chi connectivity index (χ1v) is 8.16. The predicted octanol–water partition coefficient (Wildman–Crippen LogP) is 3.97. The summed E-state index contributed by atoms with van der Waals surface area (Å²) in [5.74, 6) is 0. The van der Waals surface area contributed by atoms with Gasteiger partial charge in [-0.3, -0.25) is 0 Å².